The molecule has 6 nitrogen and oxygen atoms in total. The van der Waals surface area contributed by atoms with Crippen LogP contribution in [0, 0.1) is 12.7 Å². The molecule has 152 valence electrons. The highest BCUT2D eigenvalue weighted by atomic mass is 19.1. The number of anilines is 3. The zero-order chi connectivity index (χ0) is 20.1. The summed E-state index contributed by atoms with van der Waals surface area (Å²) in [6.45, 7) is 6.49. The van der Waals surface area contributed by atoms with Gasteiger partial charge >= 0.3 is 0 Å². The van der Waals surface area contributed by atoms with Crippen molar-refractivity contribution in [1.82, 2.24) is 14.9 Å². The van der Waals surface area contributed by atoms with Crippen molar-refractivity contribution in [3.63, 3.8) is 0 Å². The molecule has 3 rings (SSSR count). The van der Waals surface area contributed by atoms with Crippen LogP contribution in [0.4, 0.5) is 21.8 Å². The summed E-state index contributed by atoms with van der Waals surface area (Å²) in [7, 11) is 3.37. The number of aryl methyl sites for hydroxylation is 1. The summed E-state index contributed by atoms with van der Waals surface area (Å²) >= 11 is 0. The van der Waals surface area contributed by atoms with Crippen LogP contribution in [0.1, 0.15) is 37.4 Å². The molecule has 0 saturated carbocycles. The van der Waals surface area contributed by atoms with Crippen LogP contribution in [0.2, 0.25) is 0 Å². The van der Waals surface area contributed by atoms with Crippen LogP contribution in [0.5, 0.6) is 5.75 Å². The van der Waals surface area contributed by atoms with Gasteiger partial charge in [0, 0.05) is 30.4 Å². The number of ether oxygens (including phenoxy) is 1. The zero-order valence-corrected chi connectivity index (χ0v) is 17.2. The largest absolute Gasteiger partial charge is 0.496 e. The molecule has 28 heavy (non-hydrogen) atoms. The van der Waals surface area contributed by atoms with E-state index in [0.29, 0.717) is 41.2 Å². The fraction of sp³-hybridized carbons (Fsp3) is 0.524. The van der Waals surface area contributed by atoms with E-state index in [0.717, 1.165) is 18.5 Å². The number of rotatable bonds is 9. The Labute approximate surface area is 166 Å². The maximum atomic E-state index is 15.2. The monoisotopic (exact) mass is 387 g/mol. The minimum atomic E-state index is -0.299. The molecule has 2 N–H and O–H groups in total. The van der Waals surface area contributed by atoms with E-state index in [-0.39, 0.29) is 5.82 Å². The average Bonchev–Trinajstić information content (AvgIpc) is 2.62. The summed E-state index contributed by atoms with van der Waals surface area (Å²) in [5.41, 5.74) is 1.76. The second kappa shape index (κ2) is 9.19. The van der Waals surface area contributed by atoms with Crippen LogP contribution in [0.3, 0.4) is 0 Å². The van der Waals surface area contributed by atoms with Gasteiger partial charge in [-0.3, -0.25) is 0 Å². The third-order valence-corrected chi connectivity index (χ3v) is 5.34. The molecular weight excluding hydrogens is 357 g/mol. The van der Waals surface area contributed by atoms with Gasteiger partial charge in [0.05, 0.1) is 12.8 Å². The van der Waals surface area contributed by atoms with Crippen LogP contribution in [0.25, 0.3) is 0 Å². The maximum absolute atomic E-state index is 15.2. The lowest BCUT2D eigenvalue weighted by atomic mass is 10.0. The molecule has 1 atom stereocenters. The lowest BCUT2D eigenvalue weighted by Crippen LogP contribution is -2.43. The lowest BCUT2D eigenvalue weighted by Gasteiger charge is -2.36. The number of nitrogens with one attached hydrogen (secondary N) is 2. The third kappa shape index (κ3) is 4.70. The first-order chi connectivity index (χ1) is 13.5. The average molecular weight is 388 g/mol. The van der Waals surface area contributed by atoms with Gasteiger partial charge in [-0.2, -0.15) is 4.98 Å². The highest BCUT2D eigenvalue weighted by molar-refractivity contribution is 5.60. The Morgan fingerprint density at radius 2 is 2.07 bits per heavy atom. The van der Waals surface area contributed by atoms with Gasteiger partial charge in [-0.05, 0) is 64.8 Å². The van der Waals surface area contributed by atoms with E-state index in [1.807, 2.05) is 13.0 Å². The highest BCUT2D eigenvalue weighted by Crippen LogP contribution is 2.31. The van der Waals surface area contributed by atoms with Crippen molar-refractivity contribution < 1.29 is 9.13 Å². The standard InChI is InChI=1S/C21H30FN5O/c1-14-13-19(23-3)26-21(24-14)25-17-9-10-18(28-4)16(20(17)22)8-5-7-15(2)27-11-6-12-27/h9-10,13,15H,5-8,11-12H2,1-4H3,(H2,23,24,25,26)/t15-/m0/s1. The second-order valence-electron chi connectivity index (χ2n) is 7.33. The molecule has 2 heterocycles. The Hall–Kier alpha value is -2.41. The third-order valence-electron chi connectivity index (χ3n) is 5.34. The Balaban J connectivity index is 1.74. The lowest BCUT2D eigenvalue weighted by molar-refractivity contribution is 0.121. The fourth-order valence-corrected chi connectivity index (χ4v) is 3.54. The van der Waals surface area contributed by atoms with E-state index in [1.54, 1.807) is 26.3 Å². The molecule has 0 unspecified atom stereocenters. The molecule has 0 aliphatic carbocycles. The maximum Gasteiger partial charge on any atom is 0.229 e. The molecule has 2 aromatic rings. The first-order valence-electron chi connectivity index (χ1n) is 9.91. The van der Waals surface area contributed by atoms with Crippen molar-refractivity contribution in [2.24, 2.45) is 0 Å². The first-order valence-corrected chi connectivity index (χ1v) is 9.91. The van der Waals surface area contributed by atoms with Crippen LogP contribution in [-0.2, 0) is 6.42 Å². The van der Waals surface area contributed by atoms with E-state index >= 15 is 4.39 Å². The minimum Gasteiger partial charge on any atom is -0.496 e. The van der Waals surface area contributed by atoms with Crippen molar-refractivity contribution in [3.8, 4) is 5.75 Å². The van der Waals surface area contributed by atoms with Crippen molar-refractivity contribution in [1.29, 1.82) is 0 Å². The molecule has 1 saturated heterocycles. The number of halogens is 1. The number of aromatic nitrogens is 2. The normalized spacial score (nSPS) is 15.0. The van der Waals surface area contributed by atoms with Crippen LogP contribution >= 0.6 is 0 Å². The van der Waals surface area contributed by atoms with Gasteiger partial charge in [0.25, 0.3) is 0 Å². The Morgan fingerprint density at radius 1 is 1.29 bits per heavy atom. The highest BCUT2D eigenvalue weighted by Gasteiger charge is 2.21. The van der Waals surface area contributed by atoms with E-state index < -0.39 is 0 Å². The Bertz CT molecular complexity index is 810. The summed E-state index contributed by atoms with van der Waals surface area (Å²) in [4.78, 5) is 11.2. The molecule has 1 aromatic carbocycles. The van der Waals surface area contributed by atoms with Crippen molar-refractivity contribution in [3.05, 3.63) is 35.3 Å². The summed E-state index contributed by atoms with van der Waals surface area (Å²) in [5, 5.41) is 6.00. The number of methoxy groups -OCH3 is 1. The van der Waals surface area contributed by atoms with E-state index in [9.17, 15) is 0 Å². The minimum absolute atomic E-state index is 0.299. The Morgan fingerprint density at radius 3 is 2.71 bits per heavy atom. The molecule has 0 radical (unpaired) electrons. The molecule has 7 heteroatoms. The van der Waals surface area contributed by atoms with Crippen LogP contribution in [0.15, 0.2) is 18.2 Å². The van der Waals surface area contributed by atoms with E-state index in [1.165, 1.54) is 19.5 Å². The molecular formula is C21H30FN5O. The van der Waals surface area contributed by atoms with Crippen molar-refractivity contribution >= 4 is 17.5 Å². The molecule has 1 aliphatic heterocycles. The number of hydrogen-bond acceptors (Lipinski definition) is 6. The number of likely N-dealkylation sites (tertiary alicyclic amines) is 1. The molecule has 0 amide bonds. The predicted molar refractivity (Wildman–Crippen MR) is 111 cm³/mol. The van der Waals surface area contributed by atoms with Crippen LogP contribution < -0.4 is 15.4 Å². The summed E-state index contributed by atoms with van der Waals surface area (Å²) in [6, 6.07) is 5.85. The quantitative estimate of drug-likeness (QED) is 0.674. The van der Waals surface area contributed by atoms with Crippen molar-refractivity contribution in [2.75, 3.05) is 37.9 Å². The van der Waals surface area contributed by atoms with Gasteiger partial charge in [-0.15, -0.1) is 0 Å². The summed E-state index contributed by atoms with van der Waals surface area (Å²) < 4.78 is 20.6. The SMILES string of the molecule is CNc1cc(C)nc(Nc2ccc(OC)c(CCC[C@H](C)N3CCC3)c2F)n1. The molecule has 0 bridgehead atoms. The van der Waals surface area contributed by atoms with Gasteiger partial charge in [-0.1, -0.05) is 0 Å². The van der Waals surface area contributed by atoms with Gasteiger partial charge in [-0.25, -0.2) is 9.37 Å². The summed E-state index contributed by atoms with van der Waals surface area (Å²) in [5.74, 6) is 1.34. The molecule has 1 aliphatic rings. The fourth-order valence-electron chi connectivity index (χ4n) is 3.54. The molecule has 0 spiro atoms. The van der Waals surface area contributed by atoms with Gasteiger partial charge in [0.15, 0.2) is 5.82 Å². The topological polar surface area (TPSA) is 62.3 Å². The van der Waals surface area contributed by atoms with Gasteiger partial charge in [0.2, 0.25) is 5.95 Å². The first kappa shape index (κ1) is 20.3. The number of benzene rings is 1. The summed E-state index contributed by atoms with van der Waals surface area (Å²) in [6.07, 6.45) is 3.89. The predicted octanol–water partition coefficient (Wildman–Crippen LogP) is 4.13. The van der Waals surface area contributed by atoms with E-state index in [4.69, 9.17) is 4.74 Å². The smallest absolute Gasteiger partial charge is 0.229 e. The van der Waals surface area contributed by atoms with Gasteiger partial charge in [0.1, 0.15) is 11.6 Å². The second-order valence-corrected chi connectivity index (χ2v) is 7.33. The van der Waals surface area contributed by atoms with Gasteiger partial charge < -0.3 is 20.3 Å². The molecule has 1 fully saturated rings. The van der Waals surface area contributed by atoms with Crippen molar-refractivity contribution in [2.45, 2.75) is 45.6 Å². The number of hydrogen-bond donors (Lipinski definition) is 2. The van der Waals surface area contributed by atoms with E-state index in [2.05, 4.69) is 32.4 Å². The number of nitrogens with zero attached hydrogens (tertiary/aromatic N) is 3. The molecule has 1 aromatic heterocycles. The van der Waals surface area contributed by atoms with Crippen LogP contribution in [-0.4, -0.2) is 48.2 Å². The Kier molecular flexibility index (Phi) is 6.67. The zero-order valence-electron chi connectivity index (χ0n) is 17.2.